The Morgan fingerprint density at radius 2 is 1.92 bits per heavy atom. The van der Waals surface area contributed by atoms with Crippen LogP contribution in [0, 0.1) is 5.82 Å². The van der Waals surface area contributed by atoms with E-state index in [2.05, 4.69) is 20.2 Å². The van der Waals surface area contributed by atoms with Crippen LogP contribution < -0.4 is 14.8 Å². The topological polar surface area (TPSA) is 116 Å². The molecule has 4 N–H and O–H groups in total. The normalized spacial score (nSPS) is 14.6. The van der Waals surface area contributed by atoms with Gasteiger partial charge in [0.1, 0.15) is 18.2 Å². The van der Waals surface area contributed by atoms with Crippen LogP contribution in [0.4, 0.5) is 10.1 Å². The quantitative estimate of drug-likeness (QED) is 0.226. The van der Waals surface area contributed by atoms with Gasteiger partial charge in [0.25, 0.3) is 10.0 Å². The van der Waals surface area contributed by atoms with Crippen molar-refractivity contribution >= 4 is 26.6 Å². The maximum Gasteiger partial charge on any atom is 0.261 e. The Morgan fingerprint density at radius 1 is 1.11 bits per heavy atom. The van der Waals surface area contributed by atoms with Crippen molar-refractivity contribution in [2.24, 2.45) is 0 Å². The number of halogens is 1. The van der Waals surface area contributed by atoms with Gasteiger partial charge in [0.15, 0.2) is 0 Å². The smallest absolute Gasteiger partial charge is 0.261 e. The molecular formula is C26H27FN4O4S. The monoisotopic (exact) mass is 510 g/mol. The summed E-state index contributed by atoms with van der Waals surface area (Å²) >= 11 is 0. The number of sulfonamides is 1. The first-order chi connectivity index (χ1) is 17.4. The molecule has 0 spiro atoms. The van der Waals surface area contributed by atoms with Crippen molar-refractivity contribution in [3.63, 3.8) is 0 Å². The first kappa shape index (κ1) is 24.2. The minimum Gasteiger partial charge on any atom is -0.492 e. The maximum atomic E-state index is 13.1. The first-order valence-corrected chi connectivity index (χ1v) is 13.3. The second-order valence-electron chi connectivity index (χ2n) is 8.84. The summed E-state index contributed by atoms with van der Waals surface area (Å²) < 4.78 is 46.4. The van der Waals surface area contributed by atoms with Crippen molar-refractivity contribution in [1.29, 1.82) is 0 Å². The molecule has 1 aliphatic carbocycles. The van der Waals surface area contributed by atoms with Crippen LogP contribution in [0.3, 0.4) is 0 Å². The van der Waals surface area contributed by atoms with Gasteiger partial charge in [-0.15, -0.1) is 0 Å². The second kappa shape index (κ2) is 10.3. The highest BCUT2D eigenvalue weighted by Crippen LogP contribution is 2.42. The summed E-state index contributed by atoms with van der Waals surface area (Å²) in [6.45, 7) is 1.20. The molecular weight excluding hydrogens is 483 g/mol. The summed E-state index contributed by atoms with van der Waals surface area (Å²) in [7, 11) is -3.87. The average Bonchev–Trinajstić information content (AvgIpc) is 3.62. The molecule has 3 aromatic carbocycles. The number of rotatable bonds is 11. The fourth-order valence-electron chi connectivity index (χ4n) is 4.01. The lowest BCUT2D eigenvalue weighted by Gasteiger charge is -2.15. The van der Waals surface area contributed by atoms with E-state index in [-0.39, 0.29) is 11.4 Å². The molecule has 8 nitrogen and oxygen atoms in total. The summed E-state index contributed by atoms with van der Waals surface area (Å²) in [5.74, 6) is 0.812. The standard InChI is InChI=1S/C26H27FN4O4S/c27-19-6-9-22(10-7-19)36(33,34)31-20-3-1-2-18(14-20)25(32)16-28-12-13-35-21-8-11-23-24(15-21)29-30-26(23)17-4-5-17/h1-3,6-11,14-15,17,25,28,31-32H,4-5,12-13,16H2,(H,29,30). The molecule has 1 fully saturated rings. The molecule has 0 amide bonds. The number of aromatic nitrogens is 2. The second-order valence-corrected chi connectivity index (χ2v) is 10.5. The number of nitrogens with one attached hydrogen (secondary N) is 3. The molecule has 0 radical (unpaired) electrons. The Kier molecular flexibility index (Phi) is 6.90. The number of aromatic amines is 1. The molecule has 1 aliphatic rings. The van der Waals surface area contributed by atoms with Gasteiger partial charge in [-0.1, -0.05) is 12.1 Å². The van der Waals surface area contributed by atoms with Gasteiger partial charge in [-0.25, -0.2) is 12.8 Å². The molecule has 5 rings (SSSR count). The van der Waals surface area contributed by atoms with Gasteiger partial charge in [0.2, 0.25) is 0 Å². The predicted octanol–water partition coefficient (Wildman–Crippen LogP) is 4.08. The van der Waals surface area contributed by atoms with Gasteiger partial charge in [-0.3, -0.25) is 9.82 Å². The number of nitrogens with zero attached hydrogens (tertiary/aromatic N) is 1. The Bertz CT molecular complexity index is 1450. The van der Waals surface area contributed by atoms with E-state index in [0.717, 1.165) is 34.5 Å². The van der Waals surface area contributed by atoms with Crippen molar-refractivity contribution in [1.82, 2.24) is 15.5 Å². The van der Waals surface area contributed by atoms with Crippen LogP contribution in [0.5, 0.6) is 5.75 Å². The highest BCUT2D eigenvalue weighted by molar-refractivity contribution is 7.92. The minimum atomic E-state index is -3.87. The Labute approximate surface area is 208 Å². The fourth-order valence-corrected chi connectivity index (χ4v) is 5.06. The third-order valence-corrected chi connectivity index (χ3v) is 7.46. The van der Waals surface area contributed by atoms with Gasteiger partial charge in [-0.2, -0.15) is 5.10 Å². The molecule has 1 saturated carbocycles. The van der Waals surface area contributed by atoms with Crippen molar-refractivity contribution < 1.29 is 22.7 Å². The van der Waals surface area contributed by atoms with Crippen LogP contribution in [0.1, 0.15) is 36.1 Å². The average molecular weight is 511 g/mol. The van der Waals surface area contributed by atoms with Crippen LogP contribution in [0.25, 0.3) is 10.9 Å². The lowest BCUT2D eigenvalue weighted by atomic mass is 10.1. The molecule has 10 heteroatoms. The van der Waals surface area contributed by atoms with Crippen molar-refractivity contribution in [2.45, 2.75) is 29.8 Å². The fraction of sp³-hybridized carbons (Fsp3) is 0.269. The van der Waals surface area contributed by atoms with Crippen LogP contribution in [0.15, 0.2) is 71.6 Å². The van der Waals surface area contributed by atoms with Crippen LogP contribution >= 0.6 is 0 Å². The number of ether oxygens (including phenoxy) is 1. The van der Waals surface area contributed by atoms with Crippen LogP contribution in [0.2, 0.25) is 0 Å². The zero-order valence-electron chi connectivity index (χ0n) is 19.4. The highest BCUT2D eigenvalue weighted by atomic mass is 32.2. The summed E-state index contributed by atoms with van der Waals surface area (Å²) in [6, 6.07) is 17.0. The predicted molar refractivity (Wildman–Crippen MR) is 135 cm³/mol. The van der Waals surface area contributed by atoms with Crippen LogP contribution in [-0.4, -0.2) is 43.4 Å². The number of anilines is 1. The molecule has 188 valence electrons. The van der Waals surface area contributed by atoms with E-state index in [0.29, 0.717) is 30.3 Å². The number of aliphatic hydroxyl groups is 1. The van der Waals surface area contributed by atoms with Gasteiger partial charge in [0, 0.05) is 36.1 Å². The van der Waals surface area contributed by atoms with E-state index in [4.69, 9.17) is 4.74 Å². The highest BCUT2D eigenvalue weighted by Gasteiger charge is 2.27. The van der Waals surface area contributed by atoms with Crippen molar-refractivity contribution in [2.75, 3.05) is 24.4 Å². The van der Waals surface area contributed by atoms with E-state index in [1.165, 1.54) is 25.0 Å². The molecule has 36 heavy (non-hydrogen) atoms. The Morgan fingerprint density at radius 3 is 2.69 bits per heavy atom. The van der Waals surface area contributed by atoms with E-state index < -0.39 is 21.9 Å². The summed E-state index contributed by atoms with van der Waals surface area (Å²) in [5.41, 5.74) is 2.96. The van der Waals surface area contributed by atoms with Gasteiger partial charge < -0.3 is 15.2 Å². The molecule has 1 atom stereocenters. The summed E-state index contributed by atoms with van der Waals surface area (Å²) in [4.78, 5) is -0.0495. The number of aliphatic hydroxyl groups excluding tert-OH is 1. The lowest BCUT2D eigenvalue weighted by Crippen LogP contribution is -2.26. The van der Waals surface area contributed by atoms with E-state index >= 15 is 0 Å². The molecule has 1 heterocycles. The largest absolute Gasteiger partial charge is 0.492 e. The maximum absolute atomic E-state index is 13.1. The molecule has 0 saturated heterocycles. The van der Waals surface area contributed by atoms with E-state index in [1.807, 2.05) is 18.2 Å². The zero-order chi connectivity index (χ0) is 25.1. The van der Waals surface area contributed by atoms with Gasteiger partial charge in [-0.05, 0) is 66.9 Å². The number of H-pyrrole nitrogens is 1. The summed E-state index contributed by atoms with van der Waals surface area (Å²) in [6.07, 6.45) is 1.56. The molecule has 1 aromatic heterocycles. The Balaban J connectivity index is 1.10. The minimum absolute atomic E-state index is 0.0495. The first-order valence-electron chi connectivity index (χ1n) is 11.8. The molecule has 4 aromatic rings. The van der Waals surface area contributed by atoms with Gasteiger partial charge >= 0.3 is 0 Å². The van der Waals surface area contributed by atoms with E-state index in [1.54, 1.807) is 24.3 Å². The SMILES string of the molecule is O=S(=O)(Nc1cccc(C(O)CNCCOc2ccc3c(C4CC4)n[nH]c3c2)c1)c1ccc(F)cc1. The molecule has 1 unspecified atom stereocenters. The van der Waals surface area contributed by atoms with E-state index in [9.17, 15) is 17.9 Å². The van der Waals surface area contributed by atoms with Crippen molar-refractivity contribution in [3.8, 4) is 5.75 Å². The third kappa shape index (κ3) is 5.67. The number of hydrogen-bond acceptors (Lipinski definition) is 6. The number of hydrogen-bond donors (Lipinski definition) is 4. The number of fused-ring (bicyclic) bond motifs is 1. The zero-order valence-corrected chi connectivity index (χ0v) is 20.3. The number of benzene rings is 3. The molecule has 0 bridgehead atoms. The van der Waals surface area contributed by atoms with Gasteiger partial charge in [0.05, 0.1) is 22.2 Å². The lowest BCUT2D eigenvalue weighted by molar-refractivity contribution is 0.172. The van der Waals surface area contributed by atoms with Crippen LogP contribution in [-0.2, 0) is 10.0 Å². The molecule has 0 aliphatic heterocycles. The summed E-state index contributed by atoms with van der Waals surface area (Å²) in [5, 5.41) is 22.3. The third-order valence-electron chi connectivity index (χ3n) is 6.06. The van der Waals surface area contributed by atoms with Crippen molar-refractivity contribution in [3.05, 3.63) is 83.8 Å². The Hall–Kier alpha value is -3.47.